The molecule has 1 aromatic heterocycles. The van der Waals surface area contributed by atoms with Crippen LogP contribution in [0.1, 0.15) is 5.82 Å². The van der Waals surface area contributed by atoms with Crippen LogP contribution >= 0.6 is 0 Å². The summed E-state index contributed by atoms with van der Waals surface area (Å²) in [6.07, 6.45) is 0. The van der Waals surface area contributed by atoms with Crippen molar-refractivity contribution >= 4 is 22.9 Å². The van der Waals surface area contributed by atoms with Crippen molar-refractivity contribution in [2.24, 2.45) is 0 Å². The van der Waals surface area contributed by atoms with Gasteiger partial charge in [0.25, 0.3) is 5.91 Å². The minimum absolute atomic E-state index is 0.0444. The number of amides is 1. The summed E-state index contributed by atoms with van der Waals surface area (Å²) < 4.78 is 12.1. The molecule has 7 heteroatoms. The molecule has 7 nitrogen and oxygen atoms in total. The van der Waals surface area contributed by atoms with Gasteiger partial charge in [-0.2, -0.15) is 0 Å². The fraction of sp³-hybridized carbons (Fsp3) is 0.438. The summed E-state index contributed by atoms with van der Waals surface area (Å²) in [6, 6.07) is 7.60. The number of aryl methyl sites for hydroxylation is 1. The molecule has 0 spiro atoms. The summed E-state index contributed by atoms with van der Waals surface area (Å²) in [4.78, 5) is 30.0. The lowest BCUT2D eigenvalue weighted by atomic mass is 10.3. The standard InChI is InChI=1S/C16H19N3O4/c1-12-17-13-4-2-3-5-14(13)19(12)10-16(21)23-11-15(20)18-6-8-22-9-7-18/h2-5H,6-11H2,1H3. The zero-order chi connectivity index (χ0) is 16.2. The summed E-state index contributed by atoms with van der Waals surface area (Å²) in [6.45, 7) is 3.79. The third kappa shape index (κ3) is 3.50. The van der Waals surface area contributed by atoms with E-state index >= 15 is 0 Å². The third-order valence-electron chi connectivity index (χ3n) is 3.85. The van der Waals surface area contributed by atoms with E-state index in [2.05, 4.69) is 4.98 Å². The Kier molecular flexibility index (Phi) is 4.57. The zero-order valence-electron chi connectivity index (χ0n) is 13.0. The van der Waals surface area contributed by atoms with Gasteiger partial charge in [0.1, 0.15) is 12.4 Å². The van der Waals surface area contributed by atoms with Crippen LogP contribution in [0.4, 0.5) is 0 Å². The van der Waals surface area contributed by atoms with E-state index in [0.29, 0.717) is 26.3 Å². The van der Waals surface area contributed by atoms with Crippen LogP contribution in [-0.4, -0.2) is 59.2 Å². The van der Waals surface area contributed by atoms with E-state index in [4.69, 9.17) is 9.47 Å². The maximum atomic E-state index is 12.0. The quantitative estimate of drug-likeness (QED) is 0.778. The molecule has 0 saturated carbocycles. The minimum atomic E-state index is -0.446. The van der Waals surface area contributed by atoms with Crippen LogP contribution in [0.2, 0.25) is 0 Å². The van der Waals surface area contributed by atoms with E-state index < -0.39 is 5.97 Å². The molecule has 1 amide bonds. The number of fused-ring (bicyclic) bond motifs is 1. The highest BCUT2D eigenvalue weighted by Crippen LogP contribution is 2.15. The normalized spacial score (nSPS) is 14.9. The average Bonchev–Trinajstić information content (AvgIpc) is 2.89. The summed E-state index contributed by atoms with van der Waals surface area (Å²) in [5.41, 5.74) is 1.71. The number of hydrogen-bond acceptors (Lipinski definition) is 5. The molecule has 3 rings (SSSR count). The van der Waals surface area contributed by atoms with Crippen LogP contribution in [0.25, 0.3) is 11.0 Å². The van der Waals surface area contributed by atoms with Crippen molar-refractivity contribution < 1.29 is 19.1 Å². The van der Waals surface area contributed by atoms with Gasteiger partial charge in [0.2, 0.25) is 0 Å². The number of morpholine rings is 1. The van der Waals surface area contributed by atoms with Gasteiger partial charge in [-0.3, -0.25) is 9.59 Å². The molecule has 122 valence electrons. The molecule has 0 bridgehead atoms. The number of ether oxygens (including phenoxy) is 2. The molecule has 1 aliphatic rings. The number of benzene rings is 1. The highest BCUT2D eigenvalue weighted by molar-refractivity contribution is 5.82. The van der Waals surface area contributed by atoms with Gasteiger partial charge in [-0.1, -0.05) is 12.1 Å². The van der Waals surface area contributed by atoms with Gasteiger partial charge in [0, 0.05) is 13.1 Å². The average molecular weight is 317 g/mol. The van der Waals surface area contributed by atoms with Crippen LogP contribution in [0.15, 0.2) is 24.3 Å². The Morgan fingerprint density at radius 2 is 2.00 bits per heavy atom. The van der Waals surface area contributed by atoms with Crippen LogP contribution in [-0.2, 0) is 25.6 Å². The van der Waals surface area contributed by atoms with Gasteiger partial charge < -0.3 is 18.9 Å². The van der Waals surface area contributed by atoms with E-state index in [0.717, 1.165) is 16.9 Å². The summed E-state index contributed by atoms with van der Waals surface area (Å²) >= 11 is 0. The van der Waals surface area contributed by atoms with Crippen molar-refractivity contribution in [3.8, 4) is 0 Å². The molecular weight excluding hydrogens is 298 g/mol. The summed E-state index contributed by atoms with van der Waals surface area (Å²) in [5, 5.41) is 0. The second kappa shape index (κ2) is 6.78. The SMILES string of the molecule is Cc1nc2ccccc2n1CC(=O)OCC(=O)N1CCOCC1. The van der Waals surface area contributed by atoms with Crippen LogP contribution in [0.5, 0.6) is 0 Å². The first-order chi connectivity index (χ1) is 11.1. The highest BCUT2D eigenvalue weighted by atomic mass is 16.5. The lowest BCUT2D eigenvalue weighted by Crippen LogP contribution is -2.42. The topological polar surface area (TPSA) is 73.7 Å². The lowest BCUT2D eigenvalue weighted by Gasteiger charge is -2.26. The lowest BCUT2D eigenvalue weighted by molar-refractivity contribution is -0.154. The molecule has 1 aromatic carbocycles. The number of nitrogens with zero attached hydrogens (tertiary/aromatic N) is 3. The Bertz CT molecular complexity index is 719. The fourth-order valence-corrected chi connectivity index (χ4v) is 2.62. The molecule has 0 aliphatic carbocycles. The van der Waals surface area contributed by atoms with Gasteiger partial charge in [-0.15, -0.1) is 0 Å². The monoisotopic (exact) mass is 317 g/mol. The maximum absolute atomic E-state index is 12.0. The molecule has 0 N–H and O–H groups in total. The van der Waals surface area contributed by atoms with Crippen molar-refractivity contribution in [2.75, 3.05) is 32.9 Å². The minimum Gasteiger partial charge on any atom is -0.454 e. The number of carbonyl (C=O) groups is 2. The van der Waals surface area contributed by atoms with E-state index in [9.17, 15) is 9.59 Å². The highest BCUT2D eigenvalue weighted by Gasteiger charge is 2.19. The Hall–Kier alpha value is -2.41. The second-order valence-corrected chi connectivity index (χ2v) is 5.39. The van der Waals surface area contributed by atoms with Crippen molar-refractivity contribution in [1.29, 1.82) is 0 Å². The largest absolute Gasteiger partial charge is 0.454 e. The molecule has 0 unspecified atom stereocenters. The van der Waals surface area contributed by atoms with Crippen LogP contribution < -0.4 is 0 Å². The second-order valence-electron chi connectivity index (χ2n) is 5.39. The van der Waals surface area contributed by atoms with E-state index in [1.807, 2.05) is 31.2 Å². The first-order valence-corrected chi connectivity index (χ1v) is 7.58. The zero-order valence-corrected chi connectivity index (χ0v) is 13.0. The van der Waals surface area contributed by atoms with Crippen LogP contribution in [0.3, 0.4) is 0 Å². The maximum Gasteiger partial charge on any atom is 0.326 e. The van der Waals surface area contributed by atoms with E-state index in [1.54, 1.807) is 9.47 Å². The molecule has 1 saturated heterocycles. The van der Waals surface area contributed by atoms with Gasteiger partial charge in [0.15, 0.2) is 6.61 Å². The number of para-hydroxylation sites is 2. The first kappa shape index (κ1) is 15.5. The van der Waals surface area contributed by atoms with E-state index in [1.165, 1.54) is 0 Å². The van der Waals surface area contributed by atoms with Gasteiger partial charge in [-0.05, 0) is 19.1 Å². The van der Waals surface area contributed by atoms with Gasteiger partial charge in [0.05, 0.1) is 24.2 Å². The fourth-order valence-electron chi connectivity index (χ4n) is 2.62. The predicted molar refractivity (Wildman–Crippen MR) is 82.8 cm³/mol. The molecule has 1 fully saturated rings. The molecular formula is C16H19N3O4. The number of aromatic nitrogens is 2. The Balaban J connectivity index is 1.58. The van der Waals surface area contributed by atoms with Crippen molar-refractivity contribution in [3.63, 3.8) is 0 Å². The van der Waals surface area contributed by atoms with Crippen LogP contribution in [0, 0.1) is 6.92 Å². The molecule has 2 aromatic rings. The van der Waals surface area contributed by atoms with Gasteiger partial charge in [-0.25, -0.2) is 4.98 Å². The predicted octanol–water partition coefficient (Wildman–Crippen LogP) is 0.747. The van der Waals surface area contributed by atoms with E-state index in [-0.39, 0.29) is 19.1 Å². The van der Waals surface area contributed by atoms with Crippen molar-refractivity contribution in [3.05, 3.63) is 30.1 Å². The number of carbonyl (C=O) groups excluding carboxylic acids is 2. The summed E-state index contributed by atoms with van der Waals surface area (Å²) in [5.74, 6) is 0.106. The van der Waals surface area contributed by atoms with Gasteiger partial charge >= 0.3 is 5.97 Å². The molecule has 2 heterocycles. The number of rotatable bonds is 4. The number of esters is 1. The van der Waals surface area contributed by atoms with Crippen molar-refractivity contribution in [2.45, 2.75) is 13.5 Å². The summed E-state index contributed by atoms with van der Waals surface area (Å²) in [7, 11) is 0. The number of hydrogen-bond donors (Lipinski definition) is 0. The van der Waals surface area contributed by atoms with Crippen molar-refractivity contribution in [1.82, 2.24) is 14.5 Å². The Morgan fingerprint density at radius 3 is 2.78 bits per heavy atom. The third-order valence-corrected chi connectivity index (χ3v) is 3.85. The molecule has 23 heavy (non-hydrogen) atoms. The molecule has 0 radical (unpaired) electrons. The Morgan fingerprint density at radius 1 is 1.26 bits per heavy atom. The molecule has 0 atom stereocenters. The first-order valence-electron chi connectivity index (χ1n) is 7.58. The number of imidazole rings is 1. The molecule has 1 aliphatic heterocycles. The smallest absolute Gasteiger partial charge is 0.326 e. The Labute approximate surface area is 133 Å².